The average Bonchev–Trinajstić information content (AvgIpc) is 2.27. The Morgan fingerprint density at radius 1 is 1.16 bits per heavy atom. The van der Waals surface area contributed by atoms with Crippen LogP contribution in [0, 0.1) is 0 Å². The molecule has 0 bridgehead atoms. The van der Waals surface area contributed by atoms with Gasteiger partial charge in [-0.1, -0.05) is 32.0 Å². The molecule has 0 spiro atoms. The molecule has 1 aromatic carbocycles. The lowest BCUT2D eigenvalue weighted by Gasteiger charge is -2.27. The SMILES string of the molecule is CC(C)NCCC(C)(O)c1ccccc1C(F)(F)F. The van der Waals surface area contributed by atoms with Crippen LogP contribution in [0.15, 0.2) is 24.3 Å². The van der Waals surface area contributed by atoms with Crippen LogP contribution < -0.4 is 5.32 Å². The monoisotopic (exact) mass is 275 g/mol. The van der Waals surface area contributed by atoms with Gasteiger partial charge in [-0.15, -0.1) is 0 Å². The van der Waals surface area contributed by atoms with Gasteiger partial charge in [0.15, 0.2) is 0 Å². The Kier molecular flexibility index (Phi) is 4.98. The molecule has 0 saturated carbocycles. The summed E-state index contributed by atoms with van der Waals surface area (Å²) in [5.74, 6) is 0. The van der Waals surface area contributed by atoms with E-state index in [2.05, 4.69) is 5.32 Å². The zero-order chi connectivity index (χ0) is 14.7. The summed E-state index contributed by atoms with van der Waals surface area (Å²) in [6.07, 6.45) is -4.23. The highest BCUT2D eigenvalue weighted by atomic mass is 19.4. The Balaban J connectivity index is 2.94. The van der Waals surface area contributed by atoms with Crippen LogP contribution in [0.25, 0.3) is 0 Å². The molecule has 2 N–H and O–H groups in total. The van der Waals surface area contributed by atoms with Gasteiger partial charge in [0, 0.05) is 6.04 Å². The fourth-order valence-electron chi connectivity index (χ4n) is 1.94. The van der Waals surface area contributed by atoms with Crippen LogP contribution in [0.4, 0.5) is 13.2 Å². The number of halogens is 3. The predicted molar refractivity (Wildman–Crippen MR) is 68.8 cm³/mol. The van der Waals surface area contributed by atoms with Gasteiger partial charge in [-0.3, -0.25) is 0 Å². The molecule has 1 aromatic rings. The van der Waals surface area contributed by atoms with Gasteiger partial charge in [-0.25, -0.2) is 0 Å². The van der Waals surface area contributed by atoms with Crippen molar-refractivity contribution in [1.82, 2.24) is 5.32 Å². The lowest BCUT2D eigenvalue weighted by atomic mass is 9.88. The summed E-state index contributed by atoms with van der Waals surface area (Å²) < 4.78 is 38.7. The zero-order valence-corrected chi connectivity index (χ0v) is 11.4. The first-order valence-corrected chi connectivity index (χ1v) is 6.27. The van der Waals surface area contributed by atoms with Crippen LogP contribution in [0.5, 0.6) is 0 Å². The number of nitrogens with one attached hydrogen (secondary N) is 1. The minimum absolute atomic E-state index is 0.0759. The number of alkyl halides is 3. The molecule has 0 amide bonds. The number of hydrogen-bond donors (Lipinski definition) is 2. The maximum atomic E-state index is 12.9. The van der Waals surface area contributed by atoms with Crippen molar-refractivity contribution in [2.75, 3.05) is 6.54 Å². The van der Waals surface area contributed by atoms with Crippen molar-refractivity contribution in [3.8, 4) is 0 Å². The summed E-state index contributed by atoms with van der Waals surface area (Å²) in [5, 5.41) is 13.4. The van der Waals surface area contributed by atoms with Crippen molar-refractivity contribution in [2.24, 2.45) is 0 Å². The van der Waals surface area contributed by atoms with E-state index in [1.54, 1.807) is 0 Å². The standard InChI is InChI=1S/C14H20F3NO/c1-10(2)18-9-8-13(3,19)11-6-4-5-7-12(11)14(15,16)17/h4-7,10,18-19H,8-9H2,1-3H3. The maximum Gasteiger partial charge on any atom is 0.416 e. The van der Waals surface area contributed by atoms with Crippen LogP contribution in [0.2, 0.25) is 0 Å². The Labute approximate surface area is 111 Å². The van der Waals surface area contributed by atoms with E-state index in [0.29, 0.717) is 6.54 Å². The Morgan fingerprint density at radius 2 is 1.68 bits per heavy atom. The molecular weight excluding hydrogens is 255 g/mol. The van der Waals surface area contributed by atoms with E-state index < -0.39 is 17.3 Å². The van der Waals surface area contributed by atoms with Crippen molar-refractivity contribution < 1.29 is 18.3 Å². The normalized spacial score (nSPS) is 15.6. The summed E-state index contributed by atoms with van der Waals surface area (Å²) in [7, 11) is 0. The highest BCUT2D eigenvalue weighted by molar-refractivity contribution is 5.34. The van der Waals surface area contributed by atoms with Gasteiger partial charge in [0.2, 0.25) is 0 Å². The van der Waals surface area contributed by atoms with Gasteiger partial charge < -0.3 is 10.4 Å². The third kappa shape index (κ3) is 4.51. The number of aliphatic hydroxyl groups is 1. The largest absolute Gasteiger partial charge is 0.416 e. The third-order valence-corrected chi connectivity index (χ3v) is 2.98. The molecule has 0 fully saturated rings. The van der Waals surface area contributed by atoms with Crippen molar-refractivity contribution in [3.05, 3.63) is 35.4 Å². The second-order valence-electron chi connectivity index (χ2n) is 5.18. The summed E-state index contributed by atoms with van der Waals surface area (Å²) in [5.41, 5.74) is -2.36. The second-order valence-corrected chi connectivity index (χ2v) is 5.18. The van der Waals surface area contributed by atoms with Crippen molar-refractivity contribution in [3.63, 3.8) is 0 Å². The van der Waals surface area contributed by atoms with Crippen molar-refractivity contribution in [2.45, 2.75) is 45.0 Å². The predicted octanol–water partition coefficient (Wildman–Crippen LogP) is 3.30. The van der Waals surface area contributed by atoms with Crippen molar-refractivity contribution in [1.29, 1.82) is 0 Å². The molecule has 2 nitrogen and oxygen atoms in total. The molecule has 0 aromatic heterocycles. The summed E-state index contributed by atoms with van der Waals surface area (Å²) >= 11 is 0. The summed E-state index contributed by atoms with van der Waals surface area (Å²) in [6.45, 7) is 5.76. The molecule has 0 saturated heterocycles. The molecule has 1 rings (SSSR count). The van der Waals surface area contributed by atoms with Gasteiger partial charge in [0.1, 0.15) is 0 Å². The van der Waals surface area contributed by atoms with Crippen molar-refractivity contribution >= 4 is 0 Å². The van der Waals surface area contributed by atoms with E-state index in [4.69, 9.17) is 0 Å². The highest BCUT2D eigenvalue weighted by Crippen LogP contribution is 2.37. The van der Waals surface area contributed by atoms with E-state index in [0.717, 1.165) is 6.07 Å². The topological polar surface area (TPSA) is 32.3 Å². The molecule has 0 heterocycles. The number of benzene rings is 1. The molecule has 19 heavy (non-hydrogen) atoms. The Bertz CT molecular complexity index is 413. The van der Waals surface area contributed by atoms with Gasteiger partial charge in [-0.05, 0) is 31.5 Å². The molecule has 0 radical (unpaired) electrons. The first-order valence-electron chi connectivity index (χ1n) is 6.27. The van der Waals surface area contributed by atoms with Crippen LogP contribution in [0.3, 0.4) is 0 Å². The fourth-order valence-corrected chi connectivity index (χ4v) is 1.94. The summed E-state index contributed by atoms with van der Waals surface area (Å²) in [4.78, 5) is 0. The smallest absolute Gasteiger partial charge is 0.385 e. The van der Waals surface area contributed by atoms with Crippen LogP contribution in [-0.4, -0.2) is 17.7 Å². The van der Waals surface area contributed by atoms with Crippen LogP contribution in [0.1, 0.15) is 38.3 Å². The van der Waals surface area contributed by atoms with E-state index in [-0.39, 0.29) is 18.0 Å². The molecule has 0 aliphatic carbocycles. The molecule has 1 unspecified atom stereocenters. The summed E-state index contributed by atoms with van der Waals surface area (Å²) in [6, 6.07) is 5.40. The molecule has 0 aliphatic rings. The first-order chi connectivity index (χ1) is 8.64. The Morgan fingerprint density at radius 3 is 2.16 bits per heavy atom. The second kappa shape index (κ2) is 5.92. The van der Waals surface area contributed by atoms with E-state index in [1.165, 1.54) is 25.1 Å². The van der Waals surface area contributed by atoms with Crippen LogP contribution >= 0.6 is 0 Å². The minimum Gasteiger partial charge on any atom is -0.385 e. The minimum atomic E-state index is -4.45. The quantitative estimate of drug-likeness (QED) is 0.864. The van der Waals surface area contributed by atoms with E-state index in [9.17, 15) is 18.3 Å². The van der Waals surface area contributed by atoms with Gasteiger partial charge in [0.05, 0.1) is 11.2 Å². The molecule has 0 aliphatic heterocycles. The number of rotatable bonds is 5. The van der Waals surface area contributed by atoms with Gasteiger partial charge in [0.25, 0.3) is 0 Å². The third-order valence-electron chi connectivity index (χ3n) is 2.98. The molecule has 5 heteroatoms. The van der Waals surface area contributed by atoms with E-state index >= 15 is 0 Å². The lowest BCUT2D eigenvalue weighted by molar-refractivity contribution is -0.140. The maximum absolute atomic E-state index is 12.9. The van der Waals surface area contributed by atoms with Gasteiger partial charge >= 0.3 is 6.18 Å². The number of hydrogen-bond acceptors (Lipinski definition) is 2. The fraction of sp³-hybridized carbons (Fsp3) is 0.571. The molecule has 108 valence electrons. The van der Waals surface area contributed by atoms with Gasteiger partial charge in [-0.2, -0.15) is 13.2 Å². The zero-order valence-electron chi connectivity index (χ0n) is 11.4. The van der Waals surface area contributed by atoms with E-state index in [1.807, 2.05) is 13.8 Å². The van der Waals surface area contributed by atoms with Crippen LogP contribution in [-0.2, 0) is 11.8 Å². The highest BCUT2D eigenvalue weighted by Gasteiger charge is 2.38. The lowest BCUT2D eigenvalue weighted by Crippen LogP contribution is -2.32. The first kappa shape index (κ1) is 16.0. The average molecular weight is 275 g/mol. The Hall–Kier alpha value is -1.07. The molecule has 1 atom stereocenters. The molecular formula is C14H20F3NO.